The first-order valence-corrected chi connectivity index (χ1v) is 8.43. The summed E-state index contributed by atoms with van der Waals surface area (Å²) in [6.07, 6.45) is 1.00. The predicted molar refractivity (Wildman–Crippen MR) is 77.6 cm³/mol. The summed E-state index contributed by atoms with van der Waals surface area (Å²) in [6, 6.07) is 4.01. The molecule has 0 spiro atoms. The zero-order valence-electron chi connectivity index (χ0n) is 12.1. The van der Waals surface area contributed by atoms with E-state index in [4.69, 9.17) is 9.56 Å². The monoisotopic (exact) mass is 301 g/mol. The maximum atomic E-state index is 11.2. The number of hydrogen-bond acceptors (Lipinski definition) is 4. The van der Waals surface area contributed by atoms with Crippen molar-refractivity contribution in [3.8, 4) is 0 Å². The van der Waals surface area contributed by atoms with E-state index in [0.29, 0.717) is 19.0 Å². The molecule has 7 heteroatoms. The van der Waals surface area contributed by atoms with Gasteiger partial charge in [-0.15, -0.1) is 0 Å². The van der Waals surface area contributed by atoms with Crippen molar-refractivity contribution in [3.05, 3.63) is 23.7 Å². The Labute approximate surface area is 120 Å². The van der Waals surface area contributed by atoms with Gasteiger partial charge in [-0.1, -0.05) is 6.92 Å². The normalized spacial score (nSPS) is 20.1. The van der Waals surface area contributed by atoms with Gasteiger partial charge in [0, 0.05) is 32.1 Å². The minimum atomic E-state index is -3.53. The van der Waals surface area contributed by atoms with Crippen molar-refractivity contribution in [2.45, 2.75) is 26.2 Å². The number of nitrogens with two attached hydrogens (primary N) is 1. The van der Waals surface area contributed by atoms with Gasteiger partial charge in [0.2, 0.25) is 0 Å². The van der Waals surface area contributed by atoms with Gasteiger partial charge in [-0.05, 0) is 32.0 Å². The van der Waals surface area contributed by atoms with Crippen molar-refractivity contribution >= 4 is 10.2 Å². The Morgan fingerprint density at radius 1 is 1.30 bits per heavy atom. The molecule has 1 aliphatic heterocycles. The Bertz CT molecular complexity index is 533. The molecule has 1 saturated heterocycles. The van der Waals surface area contributed by atoms with E-state index >= 15 is 0 Å². The van der Waals surface area contributed by atoms with Crippen LogP contribution >= 0.6 is 0 Å². The van der Waals surface area contributed by atoms with E-state index in [2.05, 4.69) is 11.8 Å². The van der Waals surface area contributed by atoms with Crippen LogP contribution in [0.5, 0.6) is 0 Å². The van der Waals surface area contributed by atoms with Gasteiger partial charge in [0.25, 0.3) is 10.2 Å². The average molecular weight is 301 g/mol. The molecule has 2 rings (SSSR count). The summed E-state index contributed by atoms with van der Waals surface area (Å²) in [4.78, 5) is 2.27. The molecule has 0 amide bonds. The van der Waals surface area contributed by atoms with Crippen LogP contribution in [0.15, 0.2) is 16.5 Å². The summed E-state index contributed by atoms with van der Waals surface area (Å²) in [5, 5.41) is 5.12. The highest BCUT2D eigenvalue weighted by Crippen LogP contribution is 2.21. The smallest absolute Gasteiger partial charge is 0.276 e. The fourth-order valence-electron chi connectivity index (χ4n) is 2.44. The summed E-state index contributed by atoms with van der Waals surface area (Å²) in [5.74, 6) is 2.33. The molecule has 0 aliphatic carbocycles. The maximum absolute atomic E-state index is 11.2. The summed E-state index contributed by atoms with van der Waals surface area (Å²) >= 11 is 0. The summed E-state index contributed by atoms with van der Waals surface area (Å²) in [6.45, 7) is 7.47. The van der Waals surface area contributed by atoms with Crippen molar-refractivity contribution in [3.63, 3.8) is 0 Å². The molecule has 1 aromatic rings. The molecule has 2 N–H and O–H groups in total. The van der Waals surface area contributed by atoms with Crippen LogP contribution in [0.4, 0.5) is 0 Å². The van der Waals surface area contributed by atoms with Crippen LogP contribution in [0.1, 0.15) is 30.8 Å². The lowest BCUT2D eigenvalue weighted by Crippen LogP contribution is -2.50. The van der Waals surface area contributed by atoms with Crippen molar-refractivity contribution in [2.75, 3.05) is 32.7 Å². The molecule has 1 aliphatic rings. The van der Waals surface area contributed by atoms with E-state index in [1.165, 1.54) is 4.31 Å². The molecule has 0 radical (unpaired) electrons. The third kappa shape index (κ3) is 4.05. The van der Waals surface area contributed by atoms with Crippen LogP contribution in [0.3, 0.4) is 0 Å². The number of aryl methyl sites for hydroxylation is 1. The van der Waals surface area contributed by atoms with E-state index in [9.17, 15) is 8.42 Å². The second kappa shape index (κ2) is 6.26. The number of piperazine rings is 1. The minimum absolute atomic E-state index is 0.375. The Balaban J connectivity index is 1.76. The van der Waals surface area contributed by atoms with E-state index in [0.717, 1.165) is 37.6 Å². The highest BCUT2D eigenvalue weighted by Gasteiger charge is 2.24. The van der Waals surface area contributed by atoms with Gasteiger partial charge in [-0.25, -0.2) is 5.14 Å². The highest BCUT2D eigenvalue weighted by atomic mass is 32.2. The summed E-state index contributed by atoms with van der Waals surface area (Å²) in [5.41, 5.74) is 0. The van der Waals surface area contributed by atoms with Gasteiger partial charge >= 0.3 is 0 Å². The lowest BCUT2D eigenvalue weighted by molar-refractivity contribution is 0.182. The van der Waals surface area contributed by atoms with Gasteiger partial charge in [-0.2, -0.15) is 12.7 Å². The molecule has 1 atom stereocenters. The zero-order valence-corrected chi connectivity index (χ0v) is 12.9. The third-order valence-corrected chi connectivity index (χ3v) is 4.90. The third-order valence-electron chi connectivity index (χ3n) is 3.82. The molecular formula is C13H23N3O3S. The second-order valence-corrected chi connectivity index (χ2v) is 6.97. The highest BCUT2D eigenvalue weighted by molar-refractivity contribution is 7.86. The molecule has 2 heterocycles. The van der Waals surface area contributed by atoms with E-state index in [1.54, 1.807) is 0 Å². The van der Waals surface area contributed by atoms with Gasteiger partial charge in [0.1, 0.15) is 11.5 Å². The minimum Gasteiger partial charge on any atom is -0.466 e. The number of hydrogen-bond donors (Lipinski definition) is 1. The van der Waals surface area contributed by atoms with Gasteiger partial charge in [0.05, 0.1) is 0 Å². The zero-order chi connectivity index (χ0) is 14.8. The first kappa shape index (κ1) is 15.5. The molecule has 20 heavy (non-hydrogen) atoms. The van der Waals surface area contributed by atoms with Crippen molar-refractivity contribution < 1.29 is 12.8 Å². The average Bonchev–Trinajstić information content (AvgIpc) is 2.82. The van der Waals surface area contributed by atoms with Crippen LogP contribution in [0.2, 0.25) is 0 Å². The Morgan fingerprint density at radius 3 is 2.45 bits per heavy atom. The first-order valence-electron chi connectivity index (χ1n) is 6.93. The topological polar surface area (TPSA) is 79.8 Å². The van der Waals surface area contributed by atoms with Crippen LogP contribution in [0, 0.1) is 6.92 Å². The van der Waals surface area contributed by atoms with Gasteiger partial charge in [-0.3, -0.25) is 0 Å². The molecule has 0 aromatic carbocycles. The van der Waals surface area contributed by atoms with E-state index < -0.39 is 10.2 Å². The van der Waals surface area contributed by atoms with Crippen LogP contribution in [-0.2, 0) is 10.2 Å². The fraction of sp³-hybridized carbons (Fsp3) is 0.692. The van der Waals surface area contributed by atoms with Crippen LogP contribution in [0.25, 0.3) is 0 Å². The summed E-state index contributed by atoms with van der Waals surface area (Å²) in [7, 11) is -3.53. The quantitative estimate of drug-likeness (QED) is 0.876. The van der Waals surface area contributed by atoms with Gasteiger partial charge in [0.15, 0.2) is 0 Å². The molecular weight excluding hydrogens is 278 g/mol. The predicted octanol–water partition coefficient (Wildman–Crippen LogP) is 0.903. The van der Waals surface area contributed by atoms with Crippen LogP contribution < -0.4 is 5.14 Å². The fourth-order valence-corrected chi connectivity index (χ4v) is 3.12. The largest absolute Gasteiger partial charge is 0.466 e. The van der Waals surface area contributed by atoms with E-state index in [-0.39, 0.29) is 0 Å². The maximum Gasteiger partial charge on any atom is 0.276 e. The first-order chi connectivity index (χ1) is 9.36. The molecule has 0 bridgehead atoms. The standard InChI is InChI=1S/C13H23N3O3S/c1-11(13-4-3-12(2)19-13)5-6-15-7-9-16(10-8-15)20(14,17)18/h3-4,11H,5-10H2,1-2H3,(H2,14,17,18)/t11-/m1/s1. The Kier molecular flexibility index (Phi) is 4.85. The molecule has 6 nitrogen and oxygen atoms in total. The lowest BCUT2D eigenvalue weighted by Gasteiger charge is -2.33. The molecule has 0 unspecified atom stereocenters. The number of furan rings is 1. The number of rotatable bonds is 5. The lowest BCUT2D eigenvalue weighted by atomic mass is 10.0. The SMILES string of the molecule is Cc1ccc([C@H](C)CCN2CCN(S(N)(=O)=O)CC2)o1. The van der Waals surface area contributed by atoms with E-state index in [1.807, 2.05) is 19.1 Å². The Morgan fingerprint density at radius 2 is 1.95 bits per heavy atom. The molecule has 1 aromatic heterocycles. The second-order valence-electron chi connectivity index (χ2n) is 5.42. The van der Waals surface area contributed by atoms with Crippen molar-refractivity contribution in [1.82, 2.24) is 9.21 Å². The van der Waals surface area contributed by atoms with Crippen molar-refractivity contribution in [1.29, 1.82) is 0 Å². The van der Waals surface area contributed by atoms with Crippen molar-refractivity contribution in [2.24, 2.45) is 5.14 Å². The summed E-state index contributed by atoms with van der Waals surface area (Å²) < 4.78 is 29.4. The number of nitrogens with zero attached hydrogens (tertiary/aromatic N) is 2. The molecule has 114 valence electrons. The van der Waals surface area contributed by atoms with Crippen LogP contribution in [-0.4, -0.2) is 50.3 Å². The Hall–Kier alpha value is -0.890. The van der Waals surface area contributed by atoms with Gasteiger partial charge < -0.3 is 9.32 Å². The molecule has 1 fully saturated rings. The molecule has 0 saturated carbocycles.